The summed E-state index contributed by atoms with van der Waals surface area (Å²) in [5.74, 6) is 0.506. The summed E-state index contributed by atoms with van der Waals surface area (Å²) >= 11 is 0. The highest BCUT2D eigenvalue weighted by molar-refractivity contribution is 5.88. The monoisotopic (exact) mass is 287 g/mol. The van der Waals surface area contributed by atoms with Gasteiger partial charge >= 0.3 is 5.97 Å². The summed E-state index contributed by atoms with van der Waals surface area (Å²) in [6.45, 7) is 2.22. The number of benzene rings is 1. The van der Waals surface area contributed by atoms with Crippen LogP contribution in [0.1, 0.15) is 58.3 Å². The second-order valence-corrected chi connectivity index (χ2v) is 5.54. The minimum Gasteiger partial charge on any atom is -0.424 e. The molecule has 0 radical (unpaired) electrons. The third-order valence-electron chi connectivity index (χ3n) is 3.76. The van der Waals surface area contributed by atoms with Gasteiger partial charge in [-0.25, -0.2) is 0 Å². The molecule has 21 heavy (non-hydrogen) atoms. The number of unbranched alkanes of at least 4 members (excludes halogenated alkanes) is 6. The quantitative estimate of drug-likeness (QED) is 0.508. The van der Waals surface area contributed by atoms with E-state index >= 15 is 0 Å². The molecular weight excluding hydrogens is 262 g/mol. The van der Waals surface area contributed by atoms with Gasteiger partial charge in [-0.1, -0.05) is 57.6 Å². The van der Waals surface area contributed by atoms with Crippen LogP contribution in [-0.4, -0.2) is 11.0 Å². The molecule has 0 aliphatic carbocycles. The molecule has 114 valence electrons. The van der Waals surface area contributed by atoms with Crippen molar-refractivity contribution in [3.05, 3.63) is 30.5 Å². The number of aromatic nitrogens is 1. The van der Waals surface area contributed by atoms with E-state index in [-0.39, 0.29) is 5.97 Å². The van der Waals surface area contributed by atoms with Crippen LogP contribution in [0.25, 0.3) is 10.9 Å². The van der Waals surface area contributed by atoms with Gasteiger partial charge in [0, 0.05) is 23.5 Å². The minimum atomic E-state index is -0.131. The molecule has 1 aromatic carbocycles. The second kappa shape index (κ2) is 8.50. The van der Waals surface area contributed by atoms with Crippen molar-refractivity contribution in [3.8, 4) is 5.75 Å². The maximum absolute atomic E-state index is 11.9. The van der Waals surface area contributed by atoms with Crippen LogP contribution in [0.15, 0.2) is 30.5 Å². The molecule has 1 aromatic heterocycles. The van der Waals surface area contributed by atoms with Crippen molar-refractivity contribution < 1.29 is 9.53 Å². The Kier molecular flexibility index (Phi) is 6.32. The van der Waals surface area contributed by atoms with Crippen molar-refractivity contribution in [1.29, 1.82) is 0 Å². The third kappa shape index (κ3) is 4.92. The van der Waals surface area contributed by atoms with Gasteiger partial charge in [0.25, 0.3) is 0 Å². The molecular formula is C18H25NO2. The first-order chi connectivity index (χ1) is 10.3. The lowest BCUT2D eigenvalue weighted by molar-refractivity contribution is -0.134. The zero-order chi connectivity index (χ0) is 14.9. The van der Waals surface area contributed by atoms with Crippen LogP contribution in [0.3, 0.4) is 0 Å². The first-order valence-electron chi connectivity index (χ1n) is 8.08. The van der Waals surface area contributed by atoms with E-state index in [0.717, 1.165) is 23.7 Å². The van der Waals surface area contributed by atoms with Gasteiger partial charge in [-0.3, -0.25) is 4.79 Å². The minimum absolute atomic E-state index is 0.131. The highest BCUT2D eigenvalue weighted by Gasteiger charge is 2.09. The molecule has 0 amide bonds. The summed E-state index contributed by atoms with van der Waals surface area (Å²) in [5, 5.41) is 0.963. The van der Waals surface area contributed by atoms with E-state index in [4.69, 9.17) is 4.74 Å². The topological polar surface area (TPSA) is 42.1 Å². The van der Waals surface area contributed by atoms with Crippen LogP contribution in [0.4, 0.5) is 0 Å². The first-order valence-corrected chi connectivity index (χ1v) is 8.08. The van der Waals surface area contributed by atoms with Gasteiger partial charge in [0.2, 0.25) is 0 Å². The molecule has 1 N–H and O–H groups in total. The molecule has 0 spiro atoms. The summed E-state index contributed by atoms with van der Waals surface area (Å²) in [6, 6.07) is 7.85. The first kappa shape index (κ1) is 15.6. The fourth-order valence-electron chi connectivity index (χ4n) is 2.53. The lowest BCUT2D eigenvalue weighted by atomic mass is 10.1. The zero-order valence-corrected chi connectivity index (χ0v) is 12.9. The Morgan fingerprint density at radius 1 is 1.05 bits per heavy atom. The lowest BCUT2D eigenvalue weighted by Gasteiger charge is -2.03. The number of para-hydroxylation sites is 1. The summed E-state index contributed by atoms with van der Waals surface area (Å²) < 4.78 is 5.44. The van der Waals surface area contributed by atoms with Gasteiger partial charge in [0.05, 0.1) is 0 Å². The van der Waals surface area contributed by atoms with E-state index in [1.54, 1.807) is 6.20 Å². The largest absolute Gasteiger partial charge is 0.424 e. The highest BCUT2D eigenvalue weighted by Crippen LogP contribution is 2.25. The number of rotatable bonds is 9. The molecule has 1 heterocycles. The Morgan fingerprint density at radius 2 is 1.76 bits per heavy atom. The predicted molar refractivity (Wildman–Crippen MR) is 86.5 cm³/mol. The Labute approximate surface area is 126 Å². The van der Waals surface area contributed by atoms with Gasteiger partial charge < -0.3 is 9.72 Å². The third-order valence-corrected chi connectivity index (χ3v) is 3.76. The average Bonchev–Trinajstić information content (AvgIpc) is 2.90. The van der Waals surface area contributed by atoms with Crippen molar-refractivity contribution in [2.75, 3.05) is 0 Å². The maximum atomic E-state index is 11.9. The fraction of sp³-hybridized carbons (Fsp3) is 0.500. The Hall–Kier alpha value is -1.77. The molecule has 0 atom stereocenters. The van der Waals surface area contributed by atoms with Crippen LogP contribution in [0.5, 0.6) is 5.75 Å². The Balaban J connectivity index is 1.68. The smallest absolute Gasteiger partial charge is 0.311 e. The number of ether oxygens (including phenoxy) is 1. The standard InChI is InChI=1S/C18H25NO2/c1-2-3-4-5-6-7-8-13-18(20)21-17-14-19-16-12-10-9-11-15(16)17/h9-12,14,19H,2-8,13H2,1H3. The molecule has 2 aromatic rings. The summed E-state index contributed by atoms with van der Waals surface area (Å²) in [4.78, 5) is 15.0. The second-order valence-electron chi connectivity index (χ2n) is 5.54. The molecule has 2 rings (SSSR count). The van der Waals surface area contributed by atoms with E-state index in [2.05, 4.69) is 11.9 Å². The number of H-pyrrole nitrogens is 1. The number of fused-ring (bicyclic) bond motifs is 1. The Morgan fingerprint density at radius 3 is 2.57 bits per heavy atom. The highest BCUT2D eigenvalue weighted by atomic mass is 16.5. The van der Waals surface area contributed by atoms with E-state index in [0.29, 0.717) is 12.2 Å². The molecule has 0 aliphatic rings. The number of nitrogens with one attached hydrogen (secondary N) is 1. The van der Waals surface area contributed by atoms with Crippen molar-refractivity contribution in [3.63, 3.8) is 0 Å². The molecule has 0 aliphatic heterocycles. The Bertz CT molecular complexity index is 559. The molecule has 3 heteroatoms. The summed E-state index contributed by atoms with van der Waals surface area (Å²) in [5.41, 5.74) is 0.997. The number of hydrogen-bond donors (Lipinski definition) is 1. The lowest BCUT2D eigenvalue weighted by Crippen LogP contribution is -2.07. The van der Waals surface area contributed by atoms with Gasteiger partial charge in [-0.05, 0) is 18.6 Å². The number of carbonyl (C=O) groups is 1. The van der Waals surface area contributed by atoms with Crippen molar-refractivity contribution in [1.82, 2.24) is 4.98 Å². The number of hydrogen-bond acceptors (Lipinski definition) is 2. The van der Waals surface area contributed by atoms with Gasteiger partial charge in [0.1, 0.15) is 0 Å². The predicted octanol–water partition coefficient (Wildman–Crippen LogP) is 5.21. The van der Waals surface area contributed by atoms with Crippen LogP contribution >= 0.6 is 0 Å². The van der Waals surface area contributed by atoms with Crippen molar-refractivity contribution in [2.45, 2.75) is 58.3 Å². The van der Waals surface area contributed by atoms with Crippen LogP contribution in [-0.2, 0) is 4.79 Å². The number of esters is 1. The van der Waals surface area contributed by atoms with E-state index in [1.165, 1.54) is 32.1 Å². The molecule has 0 saturated heterocycles. The summed E-state index contributed by atoms with van der Waals surface area (Å²) in [6.07, 6.45) is 10.7. The van der Waals surface area contributed by atoms with Crippen molar-refractivity contribution >= 4 is 16.9 Å². The van der Waals surface area contributed by atoms with Gasteiger partial charge in [0.15, 0.2) is 5.75 Å². The average molecular weight is 287 g/mol. The summed E-state index contributed by atoms with van der Waals surface area (Å²) in [7, 11) is 0. The molecule has 3 nitrogen and oxygen atoms in total. The van der Waals surface area contributed by atoms with E-state index in [9.17, 15) is 4.79 Å². The number of aromatic amines is 1. The molecule has 0 fully saturated rings. The SMILES string of the molecule is CCCCCCCCCC(=O)Oc1c[nH]c2ccccc12. The molecule has 0 unspecified atom stereocenters. The molecule has 0 saturated carbocycles. The van der Waals surface area contributed by atoms with E-state index in [1.807, 2.05) is 24.3 Å². The molecule has 0 bridgehead atoms. The van der Waals surface area contributed by atoms with Crippen LogP contribution in [0, 0.1) is 0 Å². The van der Waals surface area contributed by atoms with Crippen LogP contribution in [0.2, 0.25) is 0 Å². The number of carbonyl (C=O) groups excluding carboxylic acids is 1. The normalized spacial score (nSPS) is 10.9. The van der Waals surface area contributed by atoms with E-state index < -0.39 is 0 Å². The van der Waals surface area contributed by atoms with Crippen molar-refractivity contribution in [2.24, 2.45) is 0 Å². The van der Waals surface area contributed by atoms with Crippen LogP contribution < -0.4 is 4.74 Å². The van der Waals surface area contributed by atoms with Gasteiger partial charge in [-0.15, -0.1) is 0 Å². The zero-order valence-electron chi connectivity index (χ0n) is 12.9. The fourth-order valence-corrected chi connectivity index (χ4v) is 2.53. The van der Waals surface area contributed by atoms with Gasteiger partial charge in [-0.2, -0.15) is 0 Å². The maximum Gasteiger partial charge on any atom is 0.311 e.